The molecule has 2 N–H and O–H groups in total. The first-order valence-electron chi connectivity index (χ1n) is 5.63. The SMILES string of the molecule is CC(CCC(=O)NCC(=O)O)c1ccccc1. The number of carboxylic acid groups (broad SMARTS) is 1. The van der Waals surface area contributed by atoms with Gasteiger partial charge >= 0.3 is 5.97 Å². The summed E-state index contributed by atoms with van der Waals surface area (Å²) in [5.41, 5.74) is 1.19. The van der Waals surface area contributed by atoms with Gasteiger partial charge in [0.2, 0.25) is 5.91 Å². The summed E-state index contributed by atoms with van der Waals surface area (Å²) in [4.78, 5) is 21.6. The summed E-state index contributed by atoms with van der Waals surface area (Å²) >= 11 is 0. The molecule has 1 aromatic carbocycles. The summed E-state index contributed by atoms with van der Waals surface area (Å²) in [6.07, 6.45) is 1.07. The fraction of sp³-hybridized carbons (Fsp3) is 0.385. The van der Waals surface area contributed by atoms with E-state index in [-0.39, 0.29) is 12.5 Å². The Kier molecular flexibility index (Phi) is 5.20. The Morgan fingerprint density at radius 1 is 1.29 bits per heavy atom. The van der Waals surface area contributed by atoms with Crippen LogP contribution in [0.3, 0.4) is 0 Å². The highest BCUT2D eigenvalue weighted by atomic mass is 16.4. The Bertz CT molecular complexity index is 376. The number of carbonyl (C=O) groups is 2. The summed E-state index contributed by atoms with van der Waals surface area (Å²) in [7, 11) is 0. The third-order valence-corrected chi connectivity index (χ3v) is 2.61. The number of rotatable bonds is 6. The Balaban J connectivity index is 2.31. The molecular formula is C13H17NO3. The summed E-state index contributed by atoms with van der Waals surface area (Å²) < 4.78 is 0. The lowest BCUT2D eigenvalue weighted by Gasteiger charge is -2.11. The molecule has 0 heterocycles. The number of hydrogen-bond acceptors (Lipinski definition) is 2. The van der Waals surface area contributed by atoms with Crippen molar-refractivity contribution in [3.8, 4) is 0 Å². The zero-order chi connectivity index (χ0) is 12.7. The molecule has 1 amide bonds. The number of carboxylic acids is 1. The highest BCUT2D eigenvalue weighted by Crippen LogP contribution is 2.19. The van der Waals surface area contributed by atoms with E-state index in [1.54, 1.807) is 0 Å². The smallest absolute Gasteiger partial charge is 0.322 e. The summed E-state index contributed by atoms with van der Waals surface area (Å²) in [5.74, 6) is -0.934. The van der Waals surface area contributed by atoms with Crippen LogP contribution in [0.25, 0.3) is 0 Å². The summed E-state index contributed by atoms with van der Waals surface area (Å²) in [5, 5.41) is 10.8. The van der Waals surface area contributed by atoms with E-state index < -0.39 is 5.97 Å². The van der Waals surface area contributed by atoms with E-state index in [1.807, 2.05) is 30.3 Å². The number of nitrogens with one attached hydrogen (secondary N) is 1. The first-order valence-corrected chi connectivity index (χ1v) is 5.63. The predicted octanol–water partition coefficient (Wildman–Crippen LogP) is 1.77. The van der Waals surface area contributed by atoms with E-state index in [9.17, 15) is 9.59 Å². The van der Waals surface area contributed by atoms with Crippen molar-refractivity contribution >= 4 is 11.9 Å². The topological polar surface area (TPSA) is 66.4 Å². The zero-order valence-electron chi connectivity index (χ0n) is 9.85. The van der Waals surface area contributed by atoms with Gasteiger partial charge in [-0.3, -0.25) is 9.59 Å². The Labute approximate surface area is 101 Å². The highest BCUT2D eigenvalue weighted by Gasteiger charge is 2.09. The number of aliphatic carboxylic acids is 1. The van der Waals surface area contributed by atoms with Crippen LogP contribution in [0, 0.1) is 0 Å². The van der Waals surface area contributed by atoms with Crippen molar-refractivity contribution in [3.05, 3.63) is 35.9 Å². The van der Waals surface area contributed by atoms with Crippen LogP contribution in [0.5, 0.6) is 0 Å². The van der Waals surface area contributed by atoms with Crippen molar-refractivity contribution in [2.75, 3.05) is 6.54 Å². The average molecular weight is 235 g/mol. The van der Waals surface area contributed by atoms with E-state index in [1.165, 1.54) is 5.56 Å². The molecular weight excluding hydrogens is 218 g/mol. The Morgan fingerprint density at radius 3 is 2.53 bits per heavy atom. The van der Waals surface area contributed by atoms with E-state index >= 15 is 0 Å². The van der Waals surface area contributed by atoms with Crippen LogP contribution in [0.4, 0.5) is 0 Å². The zero-order valence-corrected chi connectivity index (χ0v) is 9.85. The van der Waals surface area contributed by atoms with Crippen LogP contribution in [-0.4, -0.2) is 23.5 Å². The third kappa shape index (κ3) is 5.15. The molecule has 1 atom stereocenters. The fourth-order valence-corrected chi connectivity index (χ4v) is 1.56. The number of carbonyl (C=O) groups excluding carboxylic acids is 1. The molecule has 4 heteroatoms. The normalized spacial score (nSPS) is 11.8. The molecule has 0 bridgehead atoms. The second-order valence-corrected chi connectivity index (χ2v) is 4.02. The lowest BCUT2D eigenvalue weighted by molar-refractivity contribution is -0.137. The van der Waals surface area contributed by atoms with Gasteiger partial charge in [0, 0.05) is 6.42 Å². The molecule has 0 aliphatic rings. The lowest BCUT2D eigenvalue weighted by atomic mass is 9.96. The van der Waals surface area contributed by atoms with Crippen molar-refractivity contribution in [1.82, 2.24) is 5.32 Å². The van der Waals surface area contributed by atoms with E-state index in [0.717, 1.165) is 6.42 Å². The van der Waals surface area contributed by atoms with E-state index in [4.69, 9.17) is 5.11 Å². The largest absolute Gasteiger partial charge is 0.480 e. The highest BCUT2D eigenvalue weighted by molar-refractivity contribution is 5.81. The molecule has 1 aromatic rings. The number of amides is 1. The standard InChI is InChI=1S/C13H17NO3/c1-10(11-5-3-2-4-6-11)7-8-12(15)14-9-13(16)17/h2-6,10H,7-9H2,1H3,(H,14,15)(H,16,17). The molecule has 4 nitrogen and oxygen atoms in total. The molecule has 0 aromatic heterocycles. The molecule has 0 aliphatic heterocycles. The average Bonchev–Trinajstić information content (AvgIpc) is 2.34. The molecule has 1 unspecified atom stereocenters. The molecule has 92 valence electrons. The molecule has 0 radical (unpaired) electrons. The molecule has 0 saturated carbocycles. The van der Waals surface area contributed by atoms with E-state index in [2.05, 4.69) is 12.2 Å². The van der Waals surface area contributed by atoms with E-state index in [0.29, 0.717) is 12.3 Å². The van der Waals surface area contributed by atoms with Crippen LogP contribution >= 0.6 is 0 Å². The van der Waals surface area contributed by atoms with Gasteiger partial charge in [-0.05, 0) is 17.9 Å². The quantitative estimate of drug-likeness (QED) is 0.789. The lowest BCUT2D eigenvalue weighted by Crippen LogP contribution is -2.29. The van der Waals surface area contributed by atoms with Gasteiger partial charge in [-0.25, -0.2) is 0 Å². The van der Waals surface area contributed by atoms with Gasteiger partial charge < -0.3 is 10.4 Å². The minimum atomic E-state index is -1.02. The molecule has 0 spiro atoms. The second-order valence-electron chi connectivity index (χ2n) is 4.02. The molecule has 1 rings (SSSR count). The van der Waals surface area contributed by atoms with Crippen molar-refractivity contribution in [2.24, 2.45) is 0 Å². The monoisotopic (exact) mass is 235 g/mol. The van der Waals surface area contributed by atoms with Crippen molar-refractivity contribution in [3.63, 3.8) is 0 Å². The minimum absolute atomic E-state index is 0.213. The van der Waals surface area contributed by atoms with Crippen LogP contribution < -0.4 is 5.32 Å². The van der Waals surface area contributed by atoms with Gasteiger partial charge in [0.25, 0.3) is 0 Å². The first-order chi connectivity index (χ1) is 8.09. The maximum Gasteiger partial charge on any atom is 0.322 e. The van der Waals surface area contributed by atoms with Crippen LogP contribution in [0.2, 0.25) is 0 Å². The van der Waals surface area contributed by atoms with Crippen molar-refractivity contribution in [2.45, 2.75) is 25.7 Å². The Morgan fingerprint density at radius 2 is 1.94 bits per heavy atom. The van der Waals surface area contributed by atoms with Crippen LogP contribution in [0.1, 0.15) is 31.2 Å². The molecule has 17 heavy (non-hydrogen) atoms. The van der Waals surface area contributed by atoms with Crippen molar-refractivity contribution in [1.29, 1.82) is 0 Å². The number of hydrogen-bond donors (Lipinski definition) is 2. The summed E-state index contributed by atoms with van der Waals surface area (Å²) in [6, 6.07) is 9.95. The Hall–Kier alpha value is -1.84. The fourth-order valence-electron chi connectivity index (χ4n) is 1.56. The first kappa shape index (κ1) is 13.2. The van der Waals surface area contributed by atoms with Gasteiger partial charge in [-0.1, -0.05) is 37.3 Å². The predicted molar refractivity (Wildman–Crippen MR) is 64.7 cm³/mol. The maximum atomic E-state index is 11.3. The van der Waals surface area contributed by atoms with Gasteiger partial charge in [0.15, 0.2) is 0 Å². The molecule has 0 saturated heterocycles. The summed E-state index contributed by atoms with van der Waals surface area (Å²) in [6.45, 7) is 1.75. The molecule has 0 fully saturated rings. The maximum absolute atomic E-state index is 11.3. The van der Waals surface area contributed by atoms with Crippen LogP contribution in [0.15, 0.2) is 30.3 Å². The number of benzene rings is 1. The van der Waals surface area contributed by atoms with Gasteiger partial charge in [-0.15, -0.1) is 0 Å². The second kappa shape index (κ2) is 6.68. The molecule has 0 aliphatic carbocycles. The van der Waals surface area contributed by atoms with Gasteiger partial charge in [-0.2, -0.15) is 0 Å². The van der Waals surface area contributed by atoms with Crippen LogP contribution in [-0.2, 0) is 9.59 Å². The minimum Gasteiger partial charge on any atom is -0.480 e. The van der Waals surface area contributed by atoms with Gasteiger partial charge in [0.05, 0.1) is 0 Å². The van der Waals surface area contributed by atoms with Gasteiger partial charge in [0.1, 0.15) is 6.54 Å². The third-order valence-electron chi connectivity index (χ3n) is 2.61. The van der Waals surface area contributed by atoms with Crippen molar-refractivity contribution < 1.29 is 14.7 Å².